The maximum Gasteiger partial charge on any atom is 0.251 e. The predicted octanol–water partition coefficient (Wildman–Crippen LogP) is 2.02. The van der Waals surface area contributed by atoms with Gasteiger partial charge in [0.25, 0.3) is 5.91 Å². The van der Waals surface area contributed by atoms with E-state index in [4.69, 9.17) is 4.74 Å². The van der Waals surface area contributed by atoms with E-state index in [9.17, 15) is 9.90 Å². The molecular formula is C22H27N3O3. The molecule has 1 fully saturated rings. The van der Waals surface area contributed by atoms with Crippen molar-refractivity contribution in [3.8, 4) is 5.75 Å². The molecule has 1 saturated heterocycles. The Bertz CT molecular complexity index is 814. The molecule has 2 N–H and O–H groups in total. The van der Waals surface area contributed by atoms with Crippen LogP contribution in [0.15, 0.2) is 42.5 Å². The van der Waals surface area contributed by atoms with E-state index >= 15 is 0 Å². The molecule has 2 aromatic rings. The third-order valence-corrected chi connectivity index (χ3v) is 5.54. The standard InChI is InChI=1S/C22H27N3O3/c26-21-5-3-20(4-6-21)25-12-10-24(11-13-25)9-8-23-22(27)18-1-2-19-16-28-14-7-17(19)15-18/h1-6,15,26H,7-14,16H2,(H,23,27). The van der Waals surface area contributed by atoms with Crippen molar-refractivity contribution in [3.05, 3.63) is 59.2 Å². The van der Waals surface area contributed by atoms with Gasteiger partial charge in [-0.1, -0.05) is 6.07 Å². The van der Waals surface area contributed by atoms with Crippen LogP contribution in [-0.2, 0) is 17.8 Å². The fraction of sp³-hybridized carbons (Fsp3) is 0.409. The Hall–Kier alpha value is -2.57. The van der Waals surface area contributed by atoms with E-state index in [0.717, 1.165) is 57.0 Å². The second-order valence-corrected chi connectivity index (χ2v) is 7.39. The SMILES string of the molecule is O=C(NCCN1CCN(c2ccc(O)cc2)CC1)c1ccc2c(c1)CCOC2. The second kappa shape index (κ2) is 8.63. The number of carbonyl (C=O) groups excluding carboxylic acids is 1. The quantitative estimate of drug-likeness (QED) is 0.830. The van der Waals surface area contributed by atoms with Crippen molar-refractivity contribution < 1.29 is 14.6 Å². The zero-order valence-corrected chi connectivity index (χ0v) is 16.1. The first-order valence-electron chi connectivity index (χ1n) is 9.93. The Balaban J connectivity index is 1.21. The maximum absolute atomic E-state index is 12.4. The molecule has 2 aliphatic heterocycles. The summed E-state index contributed by atoms with van der Waals surface area (Å²) in [6.07, 6.45) is 0.877. The maximum atomic E-state index is 12.4. The molecule has 148 valence electrons. The lowest BCUT2D eigenvalue weighted by Gasteiger charge is -2.36. The van der Waals surface area contributed by atoms with Crippen LogP contribution in [-0.4, -0.2) is 61.8 Å². The lowest BCUT2D eigenvalue weighted by molar-refractivity contribution is 0.0945. The molecular weight excluding hydrogens is 354 g/mol. The summed E-state index contributed by atoms with van der Waals surface area (Å²) in [6.45, 7) is 6.72. The van der Waals surface area contributed by atoms with Gasteiger partial charge in [-0.3, -0.25) is 9.69 Å². The van der Waals surface area contributed by atoms with Gasteiger partial charge in [0.05, 0.1) is 13.2 Å². The first-order valence-corrected chi connectivity index (χ1v) is 9.93. The van der Waals surface area contributed by atoms with Gasteiger partial charge in [0.1, 0.15) is 5.75 Å². The van der Waals surface area contributed by atoms with Crippen LogP contribution >= 0.6 is 0 Å². The molecule has 4 rings (SSSR count). The minimum absolute atomic E-state index is 0.00276. The summed E-state index contributed by atoms with van der Waals surface area (Å²) >= 11 is 0. The first-order chi connectivity index (χ1) is 13.7. The van der Waals surface area contributed by atoms with Crippen LogP contribution in [0.4, 0.5) is 5.69 Å². The molecule has 0 atom stereocenters. The van der Waals surface area contributed by atoms with E-state index in [0.29, 0.717) is 18.9 Å². The molecule has 0 unspecified atom stereocenters. The Kier molecular flexibility index (Phi) is 5.78. The minimum atomic E-state index is -0.00276. The van der Waals surface area contributed by atoms with Gasteiger partial charge in [-0.15, -0.1) is 0 Å². The third kappa shape index (κ3) is 4.46. The normalized spacial score (nSPS) is 17.2. The van der Waals surface area contributed by atoms with Crippen LogP contribution in [0, 0.1) is 0 Å². The molecule has 2 aromatic carbocycles. The lowest BCUT2D eigenvalue weighted by atomic mass is 10.00. The van der Waals surface area contributed by atoms with Crippen LogP contribution in [0.25, 0.3) is 0 Å². The number of fused-ring (bicyclic) bond motifs is 1. The van der Waals surface area contributed by atoms with Gasteiger partial charge in [0, 0.05) is 50.5 Å². The highest BCUT2D eigenvalue weighted by Gasteiger charge is 2.17. The number of amides is 1. The largest absolute Gasteiger partial charge is 0.508 e. The van der Waals surface area contributed by atoms with E-state index in [1.165, 1.54) is 11.1 Å². The van der Waals surface area contributed by atoms with Crippen LogP contribution in [0.2, 0.25) is 0 Å². The Morgan fingerprint density at radius 1 is 1.04 bits per heavy atom. The molecule has 0 aliphatic carbocycles. The van der Waals surface area contributed by atoms with Crippen molar-refractivity contribution in [2.75, 3.05) is 50.8 Å². The number of piperazine rings is 1. The number of benzene rings is 2. The summed E-state index contributed by atoms with van der Waals surface area (Å²) in [6, 6.07) is 13.3. The number of ether oxygens (including phenoxy) is 1. The topological polar surface area (TPSA) is 65.0 Å². The number of anilines is 1. The molecule has 0 bridgehead atoms. The molecule has 0 saturated carbocycles. The summed E-state index contributed by atoms with van der Waals surface area (Å²) in [4.78, 5) is 17.1. The van der Waals surface area contributed by atoms with E-state index < -0.39 is 0 Å². The van der Waals surface area contributed by atoms with Crippen molar-refractivity contribution in [2.24, 2.45) is 0 Å². The van der Waals surface area contributed by atoms with Crippen LogP contribution in [0.3, 0.4) is 0 Å². The number of phenolic OH excluding ortho intramolecular Hbond substituents is 1. The third-order valence-electron chi connectivity index (χ3n) is 5.54. The highest BCUT2D eigenvalue weighted by Crippen LogP contribution is 2.20. The molecule has 0 spiro atoms. The summed E-state index contributed by atoms with van der Waals surface area (Å²) in [5.41, 5.74) is 4.29. The number of rotatable bonds is 5. The van der Waals surface area contributed by atoms with Crippen LogP contribution in [0.5, 0.6) is 5.75 Å². The molecule has 6 nitrogen and oxygen atoms in total. The average molecular weight is 381 g/mol. The number of carbonyl (C=O) groups is 1. The molecule has 0 aromatic heterocycles. The van der Waals surface area contributed by atoms with Gasteiger partial charge in [-0.05, 0) is 53.9 Å². The van der Waals surface area contributed by atoms with E-state index in [1.54, 1.807) is 12.1 Å². The summed E-state index contributed by atoms with van der Waals surface area (Å²) in [5.74, 6) is 0.294. The average Bonchev–Trinajstić information content (AvgIpc) is 2.74. The van der Waals surface area contributed by atoms with Gasteiger partial charge in [0.15, 0.2) is 0 Å². The summed E-state index contributed by atoms with van der Waals surface area (Å²) in [5, 5.41) is 12.5. The molecule has 28 heavy (non-hydrogen) atoms. The minimum Gasteiger partial charge on any atom is -0.508 e. The molecule has 6 heteroatoms. The van der Waals surface area contributed by atoms with Gasteiger partial charge in [0.2, 0.25) is 0 Å². The molecule has 2 aliphatic rings. The zero-order chi connectivity index (χ0) is 19.3. The number of hydrogen-bond acceptors (Lipinski definition) is 5. The van der Waals surface area contributed by atoms with E-state index in [1.807, 2.05) is 30.3 Å². The lowest BCUT2D eigenvalue weighted by Crippen LogP contribution is -2.48. The fourth-order valence-electron chi connectivity index (χ4n) is 3.83. The number of nitrogens with zero attached hydrogens (tertiary/aromatic N) is 2. The van der Waals surface area contributed by atoms with Crippen molar-refractivity contribution in [1.82, 2.24) is 10.2 Å². The molecule has 2 heterocycles. The number of hydrogen-bond donors (Lipinski definition) is 2. The Labute approximate surface area is 165 Å². The van der Waals surface area contributed by atoms with Crippen molar-refractivity contribution >= 4 is 11.6 Å². The van der Waals surface area contributed by atoms with Gasteiger partial charge in [-0.2, -0.15) is 0 Å². The van der Waals surface area contributed by atoms with Gasteiger partial charge in [-0.25, -0.2) is 0 Å². The zero-order valence-electron chi connectivity index (χ0n) is 16.1. The first kappa shape index (κ1) is 18.8. The van der Waals surface area contributed by atoms with Crippen molar-refractivity contribution in [3.63, 3.8) is 0 Å². The van der Waals surface area contributed by atoms with Crippen molar-refractivity contribution in [1.29, 1.82) is 0 Å². The smallest absolute Gasteiger partial charge is 0.251 e. The summed E-state index contributed by atoms with van der Waals surface area (Å²) < 4.78 is 5.45. The monoisotopic (exact) mass is 381 g/mol. The highest BCUT2D eigenvalue weighted by atomic mass is 16.5. The Morgan fingerprint density at radius 2 is 1.82 bits per heavy atom. The van der Waals surface area contributed by atoms with Gasteiger partial charge < -0.3 is 20.1 Å². The van der Waals surface area contributed by atoms with E-state index in [-0.39, 0.29) is 5.91 Å². The second-order valence-electron chi connectivity index (χ2n) is 7.39. The van der Waals surface area contributed by atoms with Gasteiger partial charge >= 0.3 is 0 Å². The number of phenols is 1. The fourth-order valence-corrected chi connectivity index (χ4v) is 3.83. The number of aromatic hydroxyl groups is 1. The van der Waals surface area contributed by atoms with Crippen LogP contribution in [0.1, 0.15) is 21.5 Å². The van der Waals surface area contributed by atoms with Crippen molar-refractivity contribution in [2.45, 2.75) is 13.0 Å². The van der Waals surface area contributed by atoms with Crippen LogP contribution < -0.4 is 10.2 Å². The van der Waals surface area contributed by atoms with E-state index in [2.05, 4.69) is 15.1 Å². The Morgan fingerprint density at radius 3 is 2.61 bits per heavy atom. The highest BCUT2D eigenvalue weighted by molar-refractivity contribution is 5.94. The number of nitrogens with one attached hydrogen (secondary N) is 1. The molecule has 0 radical (unpaired) electrons. The predicted molar refractivity (Wildman–Crippen MR) is 109 cm³/mol. The summed E-state index contributed by atoms with van der Waals surface area (Å²) in [7, 11) is 0. The molecule has 1 amide bonds.